The van der Waals surface area contributed by atoms with Gasteiger partial charge in [-0.15, -0.1) is 0 Å². The van der Waals surface area contributed by atoms with Crippen molar-refractivity contribution in [2.75, 3.05) is 23.4 Å². The van der Waals surface area contributed by atoms with Crippen LogP contribution in [-0.4, -0.2) is 38.4 Å². The average Bonchev–Trinajstić information content (AvgIpc) is 2.65. The molecule has 20 heavy (non-hydrogen) atoms. The molecule has 1 saturated heterocycles. The number of benzene rings is 1. The van der Waals surface area contributed by atoms with E-state index in [0.717, 1.165) is 0 Å². The number of nitrogens with one attached hydrogen (secondary N) is 2. The van der Waals surface area contributed by atoms with Gasteiger partial charge in [0.1, 0.15) is 0 Å². The van der Waals surface area contributed by atoms with Gasteiger partial charge in [0.05, 0.1) is 18.1 Å². The molecule has 0 aliphatic carbocycles. The third kappa shape index (κ3) is 4.54. The van der Waals surface area contributed by atoms with Crippen molar-refractivity contribution in [1.82, 2.24) is 5.32 Å². The Morgan fingerprint density at radius 1 is 1.25 bits per heavy atom. The number of carbonyl (C=O) groups is 1. The molecule has 1 amide bonds. The Balaban J connectivity index is 1.83. The largest absolute Gasteiger partial charge is 0.376 e. The van der Waals surface area contributed by atoms with Gasteiger partial charge in [0.25, 0.3) is 0 Å². The number of carbonyl (C=O) groups excluding carboxylic acids is 1. The maximum absolute atomic E-state index is 11.7. The Morgan fingerprint density at radius 2 is 1.90 bits per heavy atom. The lowest BCUT2D eigenvalue weighted by Gasteiger charge is -2.12. The zero-order valence-electron chi connectivity index (χ0n) is 10.5. The highest BCUT2D eigenvalue weighted by atomic mass is 35.5. The molecule has 1 fully saturated rings. The Labute approximate surface area is 127 Å². The predicted octanol–water partition coefficient (Wildman–Crippen LogP) is 1.71. The van der Waals surface area contributed by atoms with Crippen molar-refractivity contribution in [3.8, 4) is 0 Å². The molecule has 0 radical (unpaired) electrons. The smallest absolute Gasteiger partial charge is 0.239 e. The van der Waals surface area contributed by atoms with Crippen LogP contribution in [0.25, 0.3) is 0 Å². The van der Waals surface area contributed by atoms with Gasteiger partial charge in [0.15, 0.2) is 9.84 Å². The van der Waals surface area contributed by atoms with Crippen molar-refractivity contribution < 1.29 is 13.2 Å². The van der Waals surface area contributed by atoms with Crippen LogP contribution in [-0.2, 0) is 14.6 Å². The fourth-order valence-electron chi connectivity index (χ4n) is 2.03. The normalized spacial score (nSPS) is 20.6. The number of halogens is 2. The highest BCUT2D eigenvalue weighted by Gasteiger charge is 2.28. The number of sulfone groups is 1. The summed E-state index contributed by atoms with van der Waals surface area (Å²) in [4.78, 5) is 11.7. The summed E-state index contributed by atoms with van der Waals surface area (Å²) >= 11 is 11.7. The summed E-state index contributed by atoms with van der Waals surface area (Å²) in [6.45, 7) is 0.0349. The molecule has 8 heteroatoms. The molecular formula is C12H14Cl2N2O3S. The first kappa shape index (κ1) is 15.4. The van der Waals surface area contributed by atoms with Crippen LogP contribution in [0.2, 0.25) is 10.0 Å². The molecular weight excluding hydrogens is 323 g/mol. The van der Waals surface area contributed by atoms with Crippen LogP contribution in [0.1, 0.15) is 6.42 Å². The SMILES string of the molecule is O=C(CNc1cc(Cl)cc(Cl)c1)NC1CCS(=O)(=O)C1. The molecule has 1 aliphatic heterocycles. The summed E-state index contributed by atoms with van der Waals surface area (Å²) in [5.74, 6) is -0.111. The molecule has 1 atom stereocenters. The number of amides is 1. The number of anilines is 1. The Kier molecular flexibility index (Phi) is 4.78. The monoisotopic (exact) mass is 336 g/mol. The van der Waals surface area contributed by atoms with Gasteiger partial charge < -0.3 is 10.6 Å². The maximum atomic E-state index is 11.7. The van der Waals surface area contributed by atoms with E-state index in [1.54, 1.807) is 18.2 Å². The first-order valence-electron chi connectivity index (χ1n) is 6.04. The second-order valence-corrected chi connectivity index (χ2v) is 7.78. The van der Waals surface area contributed by atoms with Gasteiger partial charge in [-0.1, -0.05) is 23.2 Å². The second-order valence-electron chi connectivity index (χ2n) is 4.68. The lowest BCUT2D eigenvalue weighted by Crippen LogP contribution is -2.39. The van der Waals surface area contributed by atoms with Gasteiger partial charge in [-0.25, -0.2) is 8.42 Å². The van der Waals surface area contributed by atoms with E-state index in [1.165, 1.54) is 0 Å². The molecule has 1 aromatic rings. The summed E-state index contributed by atoms with van der Waals surface area (Å²) < 4.78 is 22.6. The maximum Gasteiger partial charge on any atom is 0.239 e. The Morgan fingerprint density at radius 3 is 2.45 bits per heavy atom. The molecule has 0 bridgehead atoms. The highest BCUT2D eigenvalue weighted by molar-refractivity contribution is 7.91. The first-order chi connectivity index (χ1) is 9.34. The van der Waals surface area contributed by atoms with E-state index in [2.05, 4.69) is 10.6 Å². The molecule has 2 rings (SSSR count). The van der Waals surface area contributed by atoms with Gasteiger partial charge >= 0.3 is 0 Å². The van der Waals surface area contributed by atoms with Crippen molar-refractivity contribution >= 4 is 44.6 Å². The molecule has 1 unspecified atom stereocenters. The summed E-state index contributed by atoms with van der Waals surface area (Å²) in [6.07, 6.45) is 0.469. The molecule has 1 aromatic carbocycles. The van der Waals surface area contributed by atoms with E-state index in [1.807, 2.05) is 0 Å². The summed E-state index contributed by atoms with van der Waals surface area (Å²) in [7, 11) is -2.99. The Hall–Kier alpha value is -0.980. The third-order valence-electron chi connectivity index (χ3n) is 2.91. The summed E-state index contributed by atoms with van der Waals surface area (Å²) in [5.41, 5.74) is 0.636. The molecule has 0 aromatic heterocycles. The first-order valence-corrected chi connectivity index (χ1v) is 8.61. The van der Waals surface area contributed by atoms with Crippen molar-refractivity contribution in [3.63, 3.8) is 0 Å². The molecule has 1 heterocycles. The van der Waals surface area contributed by atoms with Gasteiger partial charge in [-0.05, 0) is 24.6 Å². The van der Waals surface area contributed by atoms with Gasteiger partial charge in [0, 0.05) is 21.8 Å². The van der Waals surface area contributed by atoms with Gasteiger partial charge in [0.2, 0.25) is 5.91 Å². The van der Waals surface area contributed by atoms with Crippen LogP contribution < -0.4 is 10.6 Å². The minimum absolute atomic E-state index is 0.0156. The van der Waals surface area contributed by atoms with Crippen LogP contribution in [0.15, 0.2) is 18.2 Å². The highest BCUT2D eigenvalue weighted by Crippen LogP contribution is 2.22. The van der Waals surface area contributed by atoms with Crippen LogP contribution >= 0.6 is 23.2 Å². The van der Waals surface area contributed by atoms with Crippen molar-refractivity contribution in [2.45, 2.75) is 12.5 Å². The fourth-order valence-corrected chi connectivity index (χ4v) is 4.23. The topological polar surface area (TPSA) is 75.3 Å². The van der Waals surface area contributed by atoms with E-state index in [4.69, 9.17) is 23.2 Å². The Bertz CT molecular complexity index is 599. The minimum Gasteiger partial charge on any atom is -0.376 e. The summed E-state index contributed by atoms with van der Waals surface area (Å²) in [5, 5.41) is 6.53. The predicted molar refractivity (Wildman–Crippen MR) is 80.2 cm³/mol. The van der Waals surface area contributed by atoms with E-state index in [0.29, 0.717) is 22.2 Å². The van der Waals surface area contributed by atoms with Crippen molar-refractivity contribution in [3.05, 3.63) is 28.2 Å². The molecule has 0 spiro atoms. The van der Waals surface area contributed by atoms with Gasteiger partial charge in [-0.2, -0.15) is 0 Å². The standard InChI is InChI=1S/C12H14Cl2N2O3S/c13-8-3-9(14)5-11(4-8)15-6-12(17)16-10-1-2-20(18,19)7-10/h3-5,10,15H,1-2,6-7H2,(H,16,17). The minimum atomic E-state index is -2.99. The molecule has 5 nitrogen and oxygen atoms in total. The molecule has 1 aliphatic rings. The number of hydrogen-bond acceptors (Lipinski definition) is 4. The zero-order chi connectivity index (χ0) is 14.8. The van der Waals surface area contributed by atoms with E-state index < -0.39 is 9.84 Å². The van der Waals surface area contributed by atoms with E-state index >= 15 is 0 Å². The van der Waals surface area contributed by atoms with Crippen molar-refractivity contribution in [2.24, 2.45) is 0 Å². The third-order valence-corrected chi connectivity index (χ3v) is 5.12. The summed E-state index contributed by atoms with van der Waals surface area (Å²) in [6, 6.07) is 4.61. The fraction of sp³-hybridized carbons (Fsp3) is 0.417. The quantitative estimate of drug-likeness (QED) is 0.877. The van der Waals surface area contributed by atoms with Crippen LogP contribution in [0, 0.1) is 0 Å². The van der Waals surface area contributed by atoms with Crippen LogP contribution in [0.4, 0.5) is 5.69 Å². The molecule has 0 saturated carbocycles. The lowest BCUT2D eigenvalue weighted by molar-refractivity contribution is -0.119. The van der Waals surface area contributed by atoms with E-state index in [-0.39, 0.29) is 30.0 Å². The number of hydrogen-bond donors (Lipinski definition) is 2. The number of rotatable bonds is 4. The molecule has 110 valence electrons. The van der Waals surface area contributed by atoms with Gasteiger partial charge in [-0.3, -0.25) is 4.79 Å². The lowest BCUT2D eigenvalue weighted by atomic mass is 10.2. The van der Waals surface area contributed by atoms with Crippen LogP contribution in [0.3, 0.4) is 0 Å². The zero-order valence-corrected chi connectivity index (χ0v) is 12.9. The van der Waals surface area contributed by atoms with Crippen molar-refractivity contribution in [1.29, 1.82) is 0 Å². The van der Waals surface area contributed by atoms with Crippen LogP contribution in [0.5, 0.6) is 0 Å². The molecule has 2 N–H and O–H groups in total. The average molecular weight is 337 g/mol. The van der Waals surface area contributed by atoms with E-state index in [9.17, 15) is 13.2 Å². The second kappa shape index (κ2) is 6.20.